The topological polar surface area (TPSA) is 116 Å². The highest BCUT2D eigenvalue weighted by Crippen LogP contribution is 2.23. The average Bonchev–Trinajstić information content (AvgIpc) is 3.06. The number of fused-ring (bicyclic) bond motifs is 1. The number of urea groups is 1. The largest absolute Gasteiger partial charge is 0.344 e. The number of nitrogens with one attached hydrogen (secondary N) is 2. The third kappa shape index (κ3) is 5.03. The van der Waals surface area contributed by atoms with Gasteiger partial charge >= 0.3 is 6.03 Å². The highest BCUT2D eigenvalue weighted by Gasteiger charge is 2.48. The van der Waals surface area contributed by atoms with Gasteiger partial charge < -0.3 is 5.32 Å². The first-order chi connectivity index (χ1) is 16.6. The molecule has 1 aliphatic heterocycles. The van der Waals surface area contributed by atoms with Gasteiger partial charge in [-0.2, -0.15) is 9.31 Å². The molecule has 4 amide bonds. The fraction of sp³-hybridized carbons (Fsp3) is 0.240. The maximum atomic E-state index is 13.0. The highest BCUT2D eigenvalue weighted by molar-refractivity contribution is 7.89. The zero-order chi connectivity index (χ0) is 25.2. The van der Waals surface area contributed by atoms with Crippen LogP contribution in [0.15, 0.2) is 77.7 Å². The molecular weight excluding hydrogens is 468 g/mol. The number of aryl methyl sites for hydroxylation is 1. The van der Waals surface area contributed by atoms with Gasteiger partial charge in [-0.15, -0.1) is 0 Å². The summed E-state index contributed by atoms with van der Waals surface area (Å²) in [5, 5.41) is 4.88. The Kier molecular flexibility index (Phi) is 6.60. The number of amides is 4. The molecule has 0 aromatic heterocycles. The number of likely N-dealkylation sites (N-methyl/N-ethyl adjacent to an activating group) is 1. The van der Waals surface area contributed by atoms with E-state index in [2.05, 4.69) is 10.7 Å². The minimum atomic E-state index is -3.98. The van der Waals surface area contributed by atoms with Crippen molar-refractivity contribution in [2.75, 3.05) is 13.6 Å². The Balaban J connectivity index is 1.40. The van der Waals surface area contributed by atoms with Crippen molar-refractivity contribution in [1.82, 2.24) is 20.1 Å². The Morgan fingerprint density at radius 3 is 2.37 bits per heavy atom. The molecule has 3 aromatic carbocycles. The van der Waals surface area contributed by atoms with Crippen LogP contribution < -0.4 is 10.7 Å². The first kappa shape index (κ1) is 24.4. The Bertz CT molecular complexity index is 1390. The van der Waals surface area contributed by atoms with Crippen LogP contribution in [0, 0.1) is 0 Å². The molecule has 0 aliphatic carbocycles. The molecule has 10 heteroatoms. The molecule has 1 saturated heterocycles. The molecule has 9 nitrogen and oxygen atoms in total. The number of carbonyl (C=O) groups excluding carboxylic acids is 3. The first-order valence-corrected chi connectivity index (χ1v) is 12.5. The third-order valence-corrected chi connectivity index (χ3v) is 7.85. The number of hydrogen-bond acceptors (Lipinski definition) is 5. The molecule has 0 spiro atoms. The van der Waals surface area contributed by atoms with Gasteiger partial charge in [-0.05, 0) is 48.2 Å². The summed E-state index contributed by atoms with van der Waals surface area (Å²) >= 11 is 0. The van der Waals surface area contributed by atoms with Gasteiger partial charge in [0.05, 0.1) is 11.4 Å². The van der Waals surface area contributed by atoms with E-state index in [9.17, 15) is 22.8 Å². The Labute approximate surface area is 203 Å². The maximum Gasteiger partial charge on any atom is 0.344 e. The second-order valence-corrected chi connectivity index (χ2v) is 10.7. The normalized spacial score (nSPS) is 18.2. The van der Waals surface area contributed by atoms with Crippen LogP contribution in [0.1, 0.15) is 18.9 Å². The van der Waals surface area contributed by atoms with Crippen molar-refractivity contribution in [2.24, 2.45) is 0 Å². The number of hydrazine groups is 1. The fourth-order valence-electron chi connectivity index (χ4n) is 3.95. The summed E-state index contributed by atoms with van der Waals surface area (Å²) < 4.78 is 26.8. The zero-order valence-corrected chi connectivity index (χ0v) is 20.2. The Morgan fingerprint density at radius 1 is 1.00 bits per heavy atom. The van der Waals surface area contributed by atoms with E-state index in [1.54, 1.807) is 19.1 Å². The van der Waals surface area contributed by atoms with Crippen molar-refractivity contribution in [3.05, 3.63) is 78.4 Å². The van der Waals surface area contributed by atoms with Crippen LogP contribution >= 0.6 is 0 Å². The number of rotatable bonds is 8. The van der Waals surface area contributed by atoms with E-state index in [1.807, 2.05) is 48.5 Å². The van der Waals surface area contributed by atoms with Crippen LogP contribution in [0.3, 0.4) is 0 Å². The molecule has 1 aliphatic rings. The maximum absolute atomic E-state index is 13.0. The van der Waals surface area contributed by atoms with E-state index in [0.29, 0.717) is 17.9 Å². The minimum absolute atomic E-state index is 0.0370. The number of sulfonamides is 1. The van der Waals surface area contributed by atoms with Crippen molar-refractivity contribution in [2.45, 2.75) is 30.2 Å². The van der Waals surface area contributed by atoms with E-state index < -0.39 is 40.0 Å². The molecule has 0 unspecified atom stereocenters. The van der Waals surface area contributed by atoms with Crippen LogP contribution in [-0.2, 0) is 26.0 Å². The molecule has 4 rings (SSSR count). The quantitative estimate of drug-likeness (QED) is 0.467. The van der Waals surface area contributed by atoms with Gasteiger partial charge in [0.15, 0.2) is 0 Å². The molecule has 3 aromatic rings. The van der Waals surface area contributed by atoms with E-state index in [4.69, 9.17) is 0 Å². The van der Waals surface area contributed by atoms with E-state index >= 15 is 0 Å². The van der Waals surface area contributed by atoms with Crippen LogP contribution in [0.4, 0.5) is 4.79 Å². The van der Waals surface area contributed by atoms with Gasteiger partial charge in [0.25, 0.3) is 11.8 Å². The number of nitrogens with zero attached hydrogens (tertiary/aromatic N) is 2. The van der Waals surface area contributed by atoms with Crippen molar-refractivity contribution < 1.29 is 22.8 Å². The van der Waals surface area contributed by atoms with Gasteiger partial charge in [0.1, 0.15) is 5.54 Å². The molecule has 0 saturated carbocycles. The average molecular weight is 495 g/mol. The molecule has 1 atom stereocenters. The fourth-order valence-corrected chi connectivity index (χ4v) is 5.11. The molecule has 182 valence electrons. The summed E-state index contributed by atoms with van der Waals surface area (Å²) in [6, 6.07) is 20.8. The minimum Gasteiger partial charge on any atom is -0.322 e. The van der Waals surface area contributed by atoms with Crippen LogP contribution in [0.25, 0.3) is 10.8 Å². The predicted molar refractivity (Wildman–Crippen MR) is 130 cm³/mol. The molecular formula is C25H26N4O5S. The number of imide groups is 1. The summed E-state index contributed by atoms with van der Waals surface area (Å²) in [6.07, 6.45) is 0.891. The summed E-state index contributed by atoms with van der Waals surface area (Å²) in [5.74, 6) is -1.42. The summed E-state index contributed by atoms with van der Waals surface area (Å²) in [7, 11) is -2.72. The molecule has 2 N–H and O–H groups in total. The molecule has 0 bridgehead atoms. The zero-order valence-electron chi connectivity index (χ0n) is 19.4. The SMILES string of the molecule is CN(CC(=O)NN1C(=O)N[C@@](C)(CCc2ccccc2)C1=O)S(=O)(=O)c1ccc2ccccc2c1. The third-order valence-electron chi connectivity index (χ3n) is 6.05. The van der Waals surface area contributed by atoms with Crippen molar-refractivity contribution in [3.8, 4) is 0 Å². The smallest absolute Gasteiger partial charge is 0.322 e. The van der Waals surface area contributed by atoms with E-state index in [0.717, 1.165) is 20.6 Å². The Morgan fingerprint density at radius 2 is 1.66 bits per heavy atom. The molecule has 1 fully saturated rings. The monoisotopic (exact) mass is 494 g/mol. The lowest BCUT2D eigenvalue weighted by molar-refractivity contribution is -0.138. The van der Waals surface area contributed by atoms with Crippen molar-refractivity contribution in [3.63, 3.8) is 0 Å². The van der Waals surface area contributed by atoms with Gasteiger partial charge in [-0.1, -0.05) is 60.7 Å². The lowest BCUT2D eigenvalue weighted by Gasteiger charge is -2.22. The molecule has 35 heavy (non-hydrogen) atoms. The van der Waals surface area contributed by atoms with Crippen LogP contribution in [0.5, 0.6) is 0 Å². The summed E-state index contributed by atoms with van der Waals surface area (Å²) in [4.78, 5) is 38.0. The second-order valence-electron chi connectivity index (χ2n) is 8.69. The van der Waals surface area contributed by atoms with Crippen LogP contribution in [0.2, 0.25) is 0 Å². The number of carbonyl (C=O) groups is 3. The summed E-state index contributed by atoms with van der Waals surface area (Å²) in [5.41, 5.74) is 2.06. The van der Waals surface area contributed by atoms with Gasteiger partial charge in [0, 0.05) is 7.05 Å². The highest BCUT2D eigenvalue weighted by atomic mass is 32.2. The number of hydrogen-bond donors (Lipinski definition) is 2. The first-order valence-electron chi connectivity index (χ1n) is 11.1. The van der Waals surface area contributed by atoms with Gasteiger partial charge in [0.2, 0.25) is 10.0 Å². The van der Waals surface area contributed by atoms with Crippen molar-refractivity contribution in [1.29, 1.82) is 0 Å². The standard InChI is InChI=1S/C25H26N4O5S/c1-25(15-14-18-8-4-3-5-9-18)23(31)29(24(32)26-25)27-22(30)17-28(2)35(33,34)21-13-12-19-10-6-7-11-20(19)16-21/h3-13,16H,14-15,17H2,1-2H3,(H,26,32)(H,27,30)/t25-/m0/s1. The van der Waals surface area contributed by atoms with E-state index in [-0.39, 0.29) is 4.90 Å². The lowest BCUT2D eigenvalue weighted by atomic mass is 9.93. The molecule has 1 heterocycles. The molecule has 0 radical (unpaired) electrons. The predicted octanol–water partition coefficient (Wildman–Crippen LogP) is 2.43. The Hall–Kier alpha value is -3.76. The lowest BCUT2D eigenvalue weighted by Crippen LogP contribution is -2.51. The number of benzene rings is 3. The van der Waals surface area contributed by atoms with Crippen molar-refractivity contribution >= 4 is 38.6 Å². The van der Waals surface area contributed by atoms with Gasteiger partial charge in [-0.25, -0.2) is 13.2 Å². The van der Waals surface area contributed by atoms with E-state index in [1.165, 1.54) is 19.2 Å². The second kappa shape index (κ2) is 9.47. The van der Waals surface area contributed by atoms with Crippen LogP contribution in [-0.4, -0.2) is 54.7 Å². The summed E-state index contributed by atoms with van der Waals surface area (Å²) in [6.45, 7) is 1.02. The van der Waals surface area contributed by atoms with Gasteiger partial charge in [-0.3, -0.25) is 15.0 Å².